The van der Waals surface area contributed by atoms with Crippen molar-refractivity contribution in [3.8, 4) is 5.75 Å². The lowest BCUT2D eigenvalue weighted by molar-refractivity contribution is -0.126. The summed E-state index contributed by atoms with van der Waals surface area (Å²) in [5, 5.41) is 9.12. The van der Waals surface area contributed by atoms with Gasteiger partial charge in [0.15, 0.2) is 5.17 Å². The summed E-state index contributed by atoms with van der Waals surface area (Å²) in [6.45, 7) is 2.48. The molecule has 1 fully saturated rings. The van der Waals surface area contributed by atoms with Crippen LogP contribution in [0.2, 0.25) is 0 Å². The molecule has 1 atom stereocenters. The molecule has 0 bridgehead atoms. The molecule has 1 saturated heterocycles. The van der Waals surface area contributed by atoms with Crippen molar-refractivity contribution in [1.82, 2.24) is 4.90 Å². The largest absolute Gasteiger partial charge is 0.497 e. The summed E-state index contributed by atoms with van der Waals surface area (Å²) in [5.41, 5.74) is 3.11. The molecule has 0 N–H and O–H groups in total. The highest BCUT2D eigenvalue weighted by Gasteiger charge is 2.36. The fourth-order valence-electron chi connectivity index (χ4n) is 2.91. The van der Waals surface area contributed by atoms with E-state index in [9.17, 15) is 4.79 Å². The summed E-state index contributed by atoms with van der Waals surface area (Å²) in [4.78, 5) is 16.5. The molecule has 7 heteroatoms. The average molecular weight is 411 g/mol. The van der Waals surface area contributed by atoms with Gasteiger partial charge in [0.05, 0.1) is 25.1 Å². The predicted octanol–water partition coefficient (Wildman–Crippen LogP) is 4.01. The topological polar surface area (TPSA) is 57.5 Å². The fraction of sp³-hybridized carbons (Fsp3) is 0.318. The molecule has 3 rings (SSSR count). The van der Waals surface area contributed by atoms with Crippen LogP contribution in [0.15, 0.2) is 58.7 Å². The van der Waals surface area contributed by atoms with Gasteiger partial charge in [-0.2, -0.15) is 5.10 Å². The van der Waals surface area contributed by atoms with Gasteiger partial charge in [-0.3, -0.25) is 9.69 Å². The quantitative estimate of drug-likeness (QED) is 0.511. The van der Waals surface area contributed by atoms with Gasteiger partial charge in [0, 0.05) is 19.8 Å². The molecule has 0 spiro atoms. The first-order valence-electron chi connectivity index (χ1n) is 9.51. The predicted molar refractivity (Wildman–Crippen MR) is 121 cm³/mol. The zero-order chi connectivity index (χ0) is 20.8. The smallest absolute Gasteiger partial charge is 0.242 e. The Labute approximate surface area is 176 Å². The van der Waals surface area contributed by atoms with E-state index in [1.54, 1.807) is 18.2 Å². The highest BCUT2D eigenvalue weighted by Crippen LogP contribution is 2.31. The van der Waals surface area contributed by atoms with Gasteiger partial charge in [-0.1, -0.05) is 43.0 Å². The number of amidine groups is 1. The molecule has 0 aliphatic carbocycles. The monoisotopic (exact) mass is 410 g/mol. The second kappa shape index (κ2) is 9.60. The minimum Gasteiger partial charge on any atom is -0.497 e. The summed E-state index contributed by atoms with van der Waals surface area (Å²) < 4.78 is 5.20. The second-order valence-corrected chi connectivity index (χ2v) is 8.07. The Morgan fingerprint density at radius 2 is 1.83 bits per heavy atom. The Hall–Kier alpha value is -2.80. The van der Waals surface area contributed by atoms with Crippen LogP contribution in [0.1, 0.15) is 24.5 Å². The number of methoxy groups -OCH3 is 1. The highest BCUT2D eigenvalue weighted by atomic mass is 32.2. The first-order valence-corrected chi connectivity index (χ1v) is 10.4. The number of amides is 1. The molecule has 2 aromatic carbocycles. The van der Waals surface area contributed by atoms with Crippen molar-refractivity contribution >= 4 is 34.7 Å². The normalized spacial score (nSPS) is 18.1. The number of nitrogens with zero attached hydrogens (tertiary/aromatic N) is 4. The van der Waals surface area contributed by atoms with Crippen LogP contribution < -0.4 is 9.64 Å². The van der Waals surface area contributed by atoms with Crippen LogP contribution in [0.5, 0.6) is 5.75 Å². The maximum absolute atomic E-state index is 12.8. The number of rotatable bonds is 7. The van der Waals surface area contributed by atoms with Gasteiger partial charge in [0.2, 0.25) is 5.91 Å². The van der Waals surface area contributed by atoms with E-state index >= 15 is 0 Å². The summed E-state index contributed by atoms with van der Waals surface area (Å²) in [7, 11) is 5.65. The third-order valence-electron chi connectivity index (χ3n) is 4.65. The first kappa shape index (κ1) is 20.9. The molecule has 6 nitrogen and oxygen atoms in total. The van der Waals surface area contributed by atoms with Crippen molar-refractivity contribution in [2.45, 2.75) is 25.1 Å². The van der Waals surface area contributed by atoms with Crippen LogP contribution in [-0.4, -0.2) is 48.6 Å². The van der Waals surface area contributed by atoms with Gasteiger partial charge in [-0.25, -0.2) is 0 Å². The van der Waals surface area contributed by atoms with Crippen LogP contribution in [-0.2, 0) is 11.3 Å². The lowest BCUT2D eigenvalue weighted by Crippen LogP contribution is -2.31. The van der Waals surface area contributed by atoms with E-state index in [4.69, 9.17) is 4.74 Å². The van der Waals surface area contributed by atoms with E-state index in [0.717, 1.165) is 29.0 Å². The summed E-state index contributed by atoms with van der Waals surface area (Å²) in [6, 6.07) is 15.8. The SMILES string of the molecule is CC[C@H]1S/C(=N/N=C\c2ccc(N(C)C)cc2)N(Cc2ccc(OC)cc2)C1=O. The van der Waals surface area contributed by atoms with Gasteiger partial charge in [0.25, 0.3) is 0 Å². The molecular weight excluding hydrogens is 384 g/mol. The molecule has 1 aliphatic rings. The number of ether oxygens (including phenoxy) is 1. The standard InChI is InChI=1S/C22H26N4O2S/c1-5-20-21(27)26(15-17-8-12-19(28-4)13-9-17)22(29-20)24-23-14-16-6-10-18(11-7-16)25(2)3/h6-14,20H,5,15H2,1-4H3/b23-14-,24-22+/t20-/m1/s1. The molecule has 1 aliphatic heterocycles. The molecule has 0 saturated carbocycles. The first-order chi connectivity index (χ1) is 14.0. The molecule has 0 aromatic heterocycles. The zero-order valence-electron chi connectivity index (χ0n) is 17.2. The van der Waals surface area contributed by atoms with Gasteiger partial charge in [-0.05, 0) is 41.8 Å². The minimum atomic E-state index is -0.110. The number of hydrogen-bond donors (Lipinski definition) is 0. The molecule has 1 heterocycles. The zero-order valence-corrected chi connectivity index (χ0v) is 18.0. The van der Waals surface area contributed by atoms with Crippen molar-refractivity contribution < 1.29 is 9.53 Å². The minimum absolute atomic E-state index is 0.0811. The van der Waals surface area contributed by atoms with E-state index in [1.165, 1.54) is 11.8 Å². The number of benzene rings is 2. The van der Waals surface area contributed by atoms with Crippen molar-refractivity contribution in [3.63, 3.8) is 0 Å². The fourth-order valence-corrected chi connectivity index (χ4v) is 3.93. The van der Waals surface area contributed by atoms with E-state index in [-0.39, 0.29) is 11.2 Å². The van der Waals surface area contributed by atoms with Gasteiger partial charge in [0.1, 0.15) is 5.75 Å². The number of carbonyl (C=O) groups excluding carboxylic acids is 1. The Morgan fingerprint density at radius 1 is 1.14 bits per heavy atom. The number of hydrogen-bond acceptors (Lipinski definition) is 6. The molecule has 1 amide bonds. The van der Waals surface area contributed by atoms with E-state index < -0.39 is 0 Å². The average Bonchev–Trinajstić information content (AvgIpc) is 3.04. The number of anilines is 1. The van der Waals surface area contributed by atoms with Crippen molar-refractivity contribution in [2.75, 3.05) is 26.1 Å². The maximum atomic E-state index is 12.8. The molecular formula is C22H26N4O2S. The Morgan fingerprint density at radius 3 is 2.41 bits per heavy atom. The summed E-state index contributed by atoms with van der Waals surface area (Å²) in [5.74, 6) is 0.874. The number of thioether (sulfide) groups is 1. The van der Waals surface area contributed by atoms with Crippen LogP contribution >= 0.6 is 11.8 Å². The van der Waals surface area contributed by atoms with Crippen LogP contribution in [0.25, 0.3) is 0 Å². The number of carbonyl (C=O) groups is 1. The van der Waals surface area contributed by atoms with E-state index in [0.29, 0.717) is 11.7 Å². The molecule has 29 heavy (non-hydrogen) atoms. The molecule has 2 aromatic rings. The van der Waals surface area contributed by atoms with Crippen molar-refractivity contribution in [3.05, 3.63) is 59.7 Å². The summed E-state index contributed by atoms with van der Waals surface area (Å²) in [6.07, 6.45) is 2.47. The third-order valence-corrected chi connectivity index (χ3v) is 5.98. The highest BCUT2D eigenvalue weighted by molar-refractivity contribution is 8.15. The van der Waals surface area contributed by atoms with Gasteiger partial charge >= 0.3 is 0 Å². The Balaban J connectivity index is 1.75. The Kier molecular flexibility index (Phi) is 6.93. The van der Waals surface area contributed by atoms with E-state index in [2.05, 4.69) is 10.2 Å². The second-order valence-electron chi connectivity index (χ2n) is 6.90. The van der Waals surface area contributed by atoms with Gasteiger partial charge < -0.3 is 9.64 Å². The van der Waals surface area contributed by atoms with Gasteiger partial charge in [-0.15, -0.1) is 5.10 Å². The van der Waals surface area contributed by atoms with Crippen molar-refractivity contribution in [2.24, 2.45) is 10.2 Å². The molecule has 152 valence electrons. The van der Waals surface area contributed by atoms with Crippen molar-refractivity contribution in [1.29, 1.82) is 0 Å². The van der Waals surface area contributed by atoms with E-state index in [1.807, 2.05) is 74.4 Å². The molecule has 0 radical (unpaired) electrons. The van der Waals surface area contributed by atoms with Crippen LogP contribution in [0.4, 0.5) is 5.69 Å². The lowest BCUT2D eigenvalue weighted by atomic mass is 10.2. The Bertz CT molecular complexity index is 892. The molecule has 0 unspecified atom stereocenters. The summed E-state index contributed by atoms with van der Waals surface area (Å²) >= 11 is 1.48. The third kappa shape index (κ3) is 5.17. The van der Waals surface area contributed by atoms with Crippen LogP contribution in [0, 0.1) is 0 Å². The van der Waals surface area contributed by atoms with Crippen LogP contribution in [0.3, 0.4) is 0 Å². The maximum Gasteiger partial charge on any atom is 0.242 e. The lowest BCUT2D eigenvalue weighted by Gasteiger charge is -2.16.